The van der Waals surface area contributed by atoms with Crippen molar-refractivity contribution in [2.45, 2.75) is 37.8 Å². The summed E-state index contributed by atoms with van der Waals surface area (Å²) in [6.45, 7) is 2.93. The van der Waals surface area contributed by atoms with Crippen molar-refractivity contribution in [2.75, 3.05) is 37.8 Å². The number of hydrogen-bond donors (Lipinski definition) is 1. The van der Waals surface area contributed by atoms with Gasteiger partial charge in [-0.3, -0.25) is 9.69 Å². The van der Waals surface area contributed by atoms with E-state index in [1.807, 2.05) is 0 Å². The number of nitrogens with one attached hydrogen (secondary N) is 1. The minimum absolute atomic E-state index is 0.0390. The van der Waals surface area contributed by atoms with Crippen LogP contribution in [0.15, 0.2) is 0 Å². The van der Waals surface area contributed by atoms with Crippen LogP contribution in [0, 0.1) is 5.92 Å². The second-order valence-electron chi connectivity index (χ2n) is 6.56. The van der Waals surface area contributed by atoms with E-state index in [-0.39, 0.29) is 23.5 Å². The lowest BCUT2D eigenvalue weighted by atomic mass is 10.1. The van der Waals surface area contributed by atoms with Crippen molar-refractivity contribution in [3.63, 3.8) is 0 Å². The molecule has 2 saturated heterocycles. The predicted molar refractivity (Wildman–Crippen MR) is 78.7 cm³/mol. The maximum atomic E-state index is 12.1. The first-order chi connectivity index (χ1) is 10.0. The molecule has 3 fully saturated rings. The van der Waals surface area contributed by atoms with Gasteiger partial charge in [-0.05, 0) is 31.6 Å². The zero-order valence-electron chi connectivity index (χ0n) is 12.3. The van der Waals surface area contributed by atoms with Crippen molar-refractivity contribution < 1.29 is 17.9 Å². The zero-order chi connectivity index (χ0) is 14.9. The molecule has 3 rings (SSSR count). The summed E-state index contributed by atoms with van der Waals surface area (Å²) in [5, 5.41) is 2.88. The quantitative estimate of drug-likeness (QED) is 0.734. The van der Waals surface area contributed by atoms with Gasteiger partial charge in [0.1, 0.15) is 0 Å². The second kappa shape index (κ2) is 6.22. The number of carbonyl (C=O) groups excluding carboxylic acids is 1. The lowest BCUT2D eigenvalue weighted by molar-refractivity contribution is -0.123. The molecule has 6 nitrogen and oxygen atoms in total. The summed E-state index contributed by atoms with van der Waals surface area (Å²) in [4.78, 5) is 14.4. The van der Waals surface area contributed by atoms with Crippen LogP contribution in [0.5, 0.6) is 0 Å². The third-order valence-corrected chi connectivity index (χ3v) is 6.29. The Morgan fingerprint density at radius 2 is 2.05 bits per heavy atom. The topological polar surface area (TPSA) is 75.7 Å². The molecule has 1 saturated carbocycles. The van der Waals surface area contributed by atoms with Gasteiger partial charge in [0.15, 0.2) is 9.84 Å². The van der Waals surface area contributed by atoms with Crippen molar-refractivity contribution in [3.05, 3.63) is 0 Å². The molecule has 120 valence electrons. The van der Waals surface area contributed by atoms with Crippen molar-refractivity contribution in [2.24, 2.45) is 5.92 Å². The Labute approximate surface area is 126 Å². The highest BCUT2D eigenvalue weighted by molar-refractivity contribution is 7.91. The van der Waals surface area contributed by atoms with Crippen LogP contribution in [-0.4, -0.2) is 69.1 Å². The Morgan fingerprint density at radius 1 is 1.24 bits per heavy atom. The summed E-state index contributed by atoms with van der Waals surface area (Å²) >= 11 is 0. The molecule has 0 aromatic carbocycles. The number of rotatable bonds is 6. The van der Waals surface area contributed by atoms with Gasteiger partial charge in [0.25, 0.3) is 0 Å². The largest absolute Gasteiger partial charge is 0.381 e. The van der Waals surface area contributed by atoms with Crippen molar-refractivity contribution >= 4 is 15.7 Å². The van der Waals surface area contributed by atoms with Crippen LogP contribution in [0.3, 0.4) is 0 Å². The van der Waals surface area contributed by atoms with Crippen molar-refractivity contribution in [3.8, 4) is 0 Å². The highest BCUT2D eigenvalue weighted by Gasteiger charge is 2.34. The summed E-state index contributed by atoms with van der Waals surface area (Å²) in [6.07, 6.45) is 3.96. The summed E-state index contributed by atoms with van der Waals surface area (Å²) in [5.74, 6) is 0.788. The van der Waals surface area contributed by atoms with Gasteiger partial charge in [-0.1, -0.05) is 0 Å². The van der Waals surface area contributed by atoms with Gasteiger partial charge in [-0.25, -0.2) is 8.42 Å². The molecular weight excluding hydrogens is 292 g/mol. The number of hydrogen-bond acceptors (Lipinski definition) is 5. The van der Waals surface area contributed by atoms with Crippen LogP contribution in [-0.2, 0) is 19.4 Å². The number of sulfone groups is 1. The van der Waals surface area contributed by atoms with Crippen LogP contribution < -0.4 is 5.32 Å². The Balaban J connectivity index is 1.47. The molecule has 1 amide bonds. The Bertz CT molecular complexity index is 483. The van der Waals surface area contributed by atoms with E-state index in [1.54, 1.807) is 0 Å². The molecule has 0 bridgehead atoms. The van der Waals surface area contributed by atoms with E-state index >= 15 is 0 Å². The van der Waals surface area contributed by atoms with E-state index < -0.39 is 9.84 Å². The van der Waals surface area contributed by atoms with E-state index in [0.717, 1.165) is 26.2 Å². The summed E-state index contributed by atoms with van der Waals surface area (Å²) in [5.41, 5.74) is 0. The molecular formula is C14H24N2O4S. The molecule has 2 aliphatic heterocycles. The molecule has 2 atom stereocenters. The average Bonchev–Trinajstić information content (AvgIpc) is 3.03. The van der Waals surface area contributed by atoms with Gasteiger partial charge < -0.3 is 10.1 Å². The van der Waals surface area contributed by atoms with E-state index in [9.17, 15) is 13.2 Å². The first-order valence-electron chi connectivity index (χ1n) is 7.83. The van der Waals surface area contributed by atoms with Crippen LogP contribution in [0.2, 0.25) is 0 Å². The second-order valence-corrected chi connectivity index (χ2v) is 8.79. The Morgan fingerprint density at radius 3 is 2.62 bits per heavy atom. The minimum Gasteiger partial charge on any atom is -0.381 e. The highest BCUT2D eigenvalue weighted by atomic mass is 32.2. The van der Waals surface area contributed by atoms with E-state index in [4.69, 9.17) is 4.74 Å². The van der Waals surface area contributed by atoms with Gasteiger partial charge in [0, 0.05) is 25.2 Å². The third kappa shape index (κ3) is 4.40. The number of ether oxygens (including phenoxy) is 1. The molecule has 0 aromatic heterocycles. The molecule has 7 heteroatoms. The van der Waals surface area contributed by atoms with E-state index in [1.165, 1.54) is 12.8 Å². The average molecular weight is 316 g/mol. The van der Waals surface area contributed by atoms with Gasteiger partial charge in [-0.2, -0.15) is 0 Å². The van der Waals surface area contributed by atoms with Gasteiger partial charge in [-0.15, -0.1) is 0 Å². The number of carbonyl (C=O) groups is 1. The first kappa shape index (κ1) is 15.2. The maximum absolute atomic E-state index is 12.1. The monoisotopic (exact) mass is 316 g/mol. The molecule has 21 heavy (non-hydrogen) atoms. The van der Waals surface area contributed by atoms with Crippen LogP contribution in [0.25, 0.3) is 0 Å². The maximum Gasteiger partial charge on any atom is 0.234 e. The number of nitrogens with zero attached hydrogens (tertiary/aromatic N) is 1. The SMILES string of the molecule is O=C(CN(CC1CCOC1)C1CC1)NC1CCS(=O)(=O)C1. The fourth-order valence-electron chi connectivity index (χ4n) is 3.21. The molecule has 1 aliphatic carbocycles. The first-order valence-corrected chi connectivity index (χ1v) is 9.65. The Hall–Kier alpha value is -0.660. The van der Waals surface area contributed by atoms with Crippen molar-refractivity contribution in [1.29, 1.82) is 0 Å². The van der Waals surface area contributed by atoms with Crippen LogP contribution >= 0.6 is 0 Å². The lowest BCUT2D eigenvalue weighted by Gasteiger charge is -2.24. The third-order valence-electron chi connectivity index (χ3n) is 4.52. The van der Waals surface area contributed by atoms with Gasteiger partial charge >= 0.3 is 0 Å². The van der Waals surface area contributed by atoms with Gasteiger partial charge in [0.05, 0.1) is 24.7 Å². The summed E-state index contributed by atoms with van der Waals surface area (Å²) in [7, 11) is -2.94. The van der Waals surface area contributed by atoms with E-state index in [2.05, 4.69) is 10.2 Å². The molecule has 0 radical (unpaired) electrons. The number of amides is 1. The molecule has 2 heterocycles. The molecule has 0 aromatic rings. The lowest BCUT2D eigenvalue weighted by Crippen LogP contribution is -2.44. The smallest absolute Gasteiger partial charge is 0.234 e. The van der Waals surface area contributed by atoms with Crippen LogP contribution in [0.4, 0.5) is 0 Å². The van der Waals surface area contributed by atoms with Gasteiger partial charge in [0.2, 0.25) is 5.91 Å². The fourth-order valence-corrected chi connectivity index (χ4v) is 4.88. The Kier molecular flexibility index (Phi) is 4.51. The zero-order valence-corrected chi connectivity index (χ0v) is 13.1. The standard InChI is InChI=1S/C14H24N2O4S/c17-14(15-12-4-6-21(18,19)10-12)8-16(13-1-2-13)7-11-3-5-20-9-11/h11-13H,1-10H2,(H,15,17). The van der Waals surface area contributed by atoms with Crippen molar-refractivity contribution in [1.82, 2.24) is 10.2 Å². The summed E-state index contributed by atoms with van der Waals surface area (Å²) in [6, 6.07) is 0.335. The molecule has 2 unspecified atom stereocenters. The highest BCUT2D eigenvalue weighted by Crippen LogP contribution is 2.28. The fraction of sp³-hybridized carbons (Fsp3) is 0.929. The normalized spacial score (nSPS) is 31.7. The minimum atomic E-state index is -2.94. The molecule has 1 N–H and O–H groups in total. The molecule has 3 aliphatic rings. The predicted octanol–water partition coefficient (Wildman–Crippen LogP) is -0.209. The molecule has 0 spiro atoms. The summed E-state index contributed by atoms with van der Waals surface area (Å²) < 4.78 is 28.2. The van der Waals surface area contributed by atoms with E-state index in [0.29, 0.717) is 24.9 Å². The van der Waals surface area contributed by atoms with Crippen LogP contribution in [0.1, 0.15) is 25.7 Å².